The zero-order chi connectivity index (χ0) is 11.6. The average molecular weight is 241 g/mol. The molecule has 1 fully saturated rings. The van der Waals surface area contributed by atoms with Gasteiger partial charge in [-0.05, 0) is 25.5 Å². The van der Waals surface area contributed by atoms with Crippen molar-refractivity contribution in [2.75, 3.05) is 5.75 Å². The summed E-state index contributed by atoms with van der Waals surface area (Å²) in [6.45, 7) is 4.96. The van der Waals surface area contributed by atoms with Crippen LogP contribution in [0.15, 0.2) is 6.33 Å². The van der Waals surface area contributed by atoms with Crippen LogP contribution in [0.1, 0.15) is 32.5 Å². The number of nitrogens with zero attached hydrogens (tertiary/aromatic N) is 3. The van der Waals surface area contributed by atoms with E-state index in [4.69, 9.17) is 0 Å². The molecular formula is C11H19N3OS. The van der Waals surface area contributed by atoms with E-state index in [-0.39, 0.29) is 5.25 Å². The van der Waals surface area contributed by atoms with Crippen LogP contribution < -0.4 is 0 Å². The molecule has 1 saturated heterocycles. The second kappa shape index (κ2) is 4.75. The fourth-order valence-electron chi connectivity index (χ4n) is 2.19. The van der Waals surface area contributed by atoms with Gasteiger partial charge in [0.25, 0.3) is 0 Å². The molecule has 1 aromatic heterocycles. The molecule has 0 spiro atoms. The van der Waals surface area contributed by atoms with E-state index in [0.29, 0.717) is 6.42 Å². The van der Waals surface area contributed by atoms with Crippen molar-refractivity contribution < 1.29 is 5.11 Å². The maximum absolute atomic E-state index is 10.6. The Bertz CT molecular complexity index is 355. The van der Waals surface area contributed by atoms with E-state index in [1.54, 1.807) is 6.33 Å². The highest BCUT2D eigenvalue weighted by Gasteiger charge is 2.37. The molecule has 0 aromatic carbocycles. The SMILES string of the molecule is CCn1ncnc1CC1(O)CCCSC1C. The van der Waals surface area contributed by atoms with Crippen LogP contribution in [0.3, 0.4) is 0 Å². The zero-order valence-electron chi connectivity index (χ0n) is 9.89. The van der Waals surface area contributed by atoms with Gasteiger partial charge >= 0.3 is 0 Å². The van der Waals surface area contributed by atoms with Crippen LogP contribution in [0.25, 0.3) is 0 Å². The largest absolute Gasteiger partial charge is 0.388 e. The van der Waals surface area contributed by atoms with Gasteiger partial charge in [0.15, 0.2) is 0 Å². The molecule has 0 aliphatic carbocycles. The normalized spacial score (nSPS) is 30.6. The van der Waals surface area contributed by atoms with E-state index in [2.05, 4.69) is 17.0 Å². The summed E-state index contributed by atoms with van der Waals surface area (Å²) < 4.78 is 1.87. The fourth-order valence-corrected chi connectivity index (χ4v) is 3.37. The summed E-state index contributed by atoms with van der Waals surface area (Å²) in [6.07, 6.45) is 4.15. The van der Waals surface area contributed by atoms with Crippen LogP contribution in [0.2, 0.25) is 0 Å². The first kappa shape index (κ1) is 11.9. The molecule has 0 radical (unpaired) electrons. The van der Waals surface area contributed by atoms with Crippen molar-refractivity contribution in [3.05, 3.63) is 12.2 Å². The predicted octanol–water partition coefficient (Wildman–Crippen LogP) is 1.49. The average Bonchev–Trinajstić information content (AvgIpc) is 2.70. The van der Waals surface area contributed by atoms with Gasteiger partial charge in [-0.15, -0.1) is 0 Å². The van der Waals surface area contributed by atoms with Crippen molar-refractivity contribution in [3.8, 4) is 0 Å². The van der Waals surface area contributed by atoms with Crippen molar-refractivity contribution in [1.82, 2.24) is 14.8 Å². The summed E-state index contributed by atoms with van der Waals surface area (Å²) in [5.74, 6) is 2.06. The second-order valence-corrected chi connectivity index (χ2v) is 5.84. The summed E-state index contributed by atoms with van der Waals surface area (Å²) in [6, 6.07) is 0. The van der Waals surface area contributed by atoms with Gasteiger partial charge in [0, 0.05) is 18.2 Å². The molecule has 1 aliphatic heterocycles. The van der Waals surface area contributed by atoms with Crippen molar-refractivity contribution in [1.29, 1.82) is 0 Å². The van der Waals surface area contributed by atoms with Crippen molar-refractivity contribution in [3.63, 3.8) is 0 Å². The van der Waals surface area contributed by atoms with Gasteiger partial charge in [0.2, 0.25) is 0 Å². The minimum Gasteiger partial charge on any atom is -0.388 e. The number of hydrogen-bond donors (Lipinski definition) is 1. The van der Waals surface area contributed by atoms with Crippen LogP contribution in [0.4, 0.5) is 0 Å². The van der Waals surface area contributed by atoms with Crippen LogP contribution in [0, 0.1) is 0 Å². The van der Waals surface area contributed by atoms with Gasteiger partial charge in [-0.1, -0.05) is 6.92 Å². The lowest BCUT2D eigenvalue weighted by Crippen LogP contribution is -2.44. The smallest absolute Gasteiger partial charge is 0.138 e. The van der Waals surface area contributed by atoms with Crippen molar-refractivity contribution in [2.45, 2.75) is 50.5 Å². The molecule has 1 N–H and O–H groups in total. The van der Waals surface area contributed by atoms with E-state index >= 15 is 0 Å². The van der Waals surface area contributed by atoms with Gasteiger partial charge in [0.1, 0.15) is 12.2 Å². The third-order valence-electron chi connectivity index (χ3n) is 3.34. The first-order valence-corrected chi connectivity index (χ1v) is 6.91. The topological polar surface area (TPSA) is 50.9 Å². The molecule has 16 heavy (non-hydrogen) atoms. The molecule has 1 aromatic rings. The van der Waals surface area contributed by atoms with Crippen LogP contribution in [-0.2, 0) is 13.0 Å². The van der Waals surface area contributed by atoms with Crippen molar-refractivity contribution >= 4 is 11.8 Å². The first-order valence-electron chi connectivity index (χ1n) is 5.86. The van der Waals surface area contributed by atoms with E-state index < -0.39 is 5.60 Å². The Balaban J connectivity index is 2.13. The Labute approximate surface area is 100 Å². The van der Waals surface area contributed by atoms with Crippen LogP contribution in [-0.4, -0.2) is 36.5 Å². The molecule has 4 nitrogen and oxygen atoms in total. The van der Waals surface area contributed by atoms with E-state index in [1.807, 2.05) is 23.4 Å². The second-order valence-electron chi connectivity index (χ2n) is 4.39. The summed E-state index contributed by atoms with van der Waals surface area (Å²) in [5, 5.41) is 15.1. The first-order chi connectivity index (χ1) is 7.65. The maximum Gasteiger partial charge on any atom is 0.138 e. The third-order valence-corrected chi connectivity index (χ3v) is 4.80. The maximum atomic E-state index is 10.6. The molecule has 2 unspecified atom stereocenters. The quantitative estimate of drug-likeness (QED) is 0.871. The highest BCUT2D eigenvalue weighted by molar-refractivity contribution is 8.00. The molecule has 1 aliphatic rings. The van der Waals surface area contributed by atoms with Gasteiger partial charge in [0.05, 0.1) is 5.60 Å². The van der Waals surface area contributed by atoms with Crippen LogP contribution in [0.5, 0.6) is 0 Å². The molecule has 0 bridgehead atoms. The highest BCUT2D eigenvalue weighted by Crippen LogP contribution is 2.35. The van der Waals surface area contributed by atoms with E-state index in [9.17, 15) is 5.11 Å². The van der Waals surface area contributed by atoms with Gasteiger partial charge in [-0.3, -0.25) is 4.68 Å². The summed E-state index contributed by atoms with van der Waals surface area (Å²) in [5.41, 5.74) is -0.608. The minimum atomic E-state index is -0.608. The Hall–Kier alpha value is -0.550. The Morgan fingerprint density at radius 1 is 1.69 bits per heavy atom. The Morgan fingerprint density at radius 3 is 3.19 bits per heavy atom. The standard InChI is InChI=1S/C11H19N3OS/c1-3-14-10(12-8-13-14)7-11(15)5-4-6-16-9(11)2/h8-9,15H,3-7H2,1-2H3. The fraction of sp³-hybridized carbons (Fsp3) is 0.818. The Kier molecular flexibility index (Phi) is 3.54. The molecule has 0 saturated carbocycles. The Morgan fingerprint density at radius 2 is 2.50 bits per heavy atom. The van der Waals surface area contributed by atoms with E-state index in [0.717, 1.165) is 31.0 Å². The third kappa shape index (κ3) is 2.25. The lowest BCUT2D eigenvalue weighted by atomic mass is 9.90. The molecular weight excluding hydrogens is 222 g/mol. The van der Waals surface area contributed by atoms with Crippen LogP contribution >= 0.6 is 11.8 Å². The van der Waals surface area contributed by atoms with Gasteiger partial charge in [-0.25, -0.2) is 4.98 Å². The monoisotopic (exact) mass is 241 g/mol. The molecule has 2 atom stereocenters. The number of thioether (sulfide) groups is 1. The molecule has 2 heterocycles. The lowest BCUT2D eigenvalue weighted by Gasteiger charge is -2.37. The molecule has 5 heteroatoms. The number of rotatable bonds is 3. The summed E-state index contributed by atoms with van der Waals surface area (Å²) in [4.78, 5) is 4.24. The molecule has 0 amide bonds. The summed E-state index contributed by atoms with van der Waals surface area (Å²) >= 11 is 1.85. The summed E-state index contributed by atoms with van der Waals surface area (Å²) in [7, 11) is 0. The number of aromatic nitrogens is 3. The number of aliphatic hydroxyl groups is 1. The predicted molar refractivity (Wildman–Crippen MR) is 65.5 cm³/mol. The van der Waals surface area contributed by atoms with Gasteiger partial charge in [-0.2, -0.15) is 16.9 Å². The number of hydrogen-bond acceptors (Lipinski definition) is 4. The molecule has 2 rings (SSSR count). The lowest BCUT2D eigenvalue weighted by molar-refractivity contribution is 0.0269. The van der Waals surface area contributed by atoms with E-state index in [1.165, 1.54) is 0 Å². The highest BCUT2D eigenvalue weighted by atomic mass is 32.2. The zero-order valence-corrected chi connectivity index (χ0v) is 10.7. The van der Waals surface area contributed by atoms with Crippen molar-refractivity contribution in [2.24, 2.45) is 0 Å². The molecule has 90 valence electrons. The number of aryl methyl sites for hydroxylation is 1. The minimum absolute atomic E-state index is 0.281. The van der Waals surface area contributed by atoms with Gasteiger partial charge < -0.3 is 5.11 Å².